The lowest BCUT2D eigenvalue weighted by molar-refractivity contribution is -0.132. The fraction of sp³-hybridized carbons (Fsp3) is 0.357. The summed E-state index contributed by atoms with van der Waals surface area (Å²) in [5.74, 6) is -0.342. The Kier molecular flexibility index (Phi) is 5.27. The van der Waals surface area contributed by atoms with Crippen LogP contribution in [-0.4, -0.2) is 17.7 Å². The van der Waals surface area contributed by atoms with Gasteiger partial charge in [-0.25, -0.2) is 4.79 Å². The smallest absolute Gasteiger partial charge is 0.334 e. The highest BCUT2D eigenvalue weighted by molar-refractivity contribution is 5.86. The molecular formula is C14H18O3. The number of ether oxygens (including phenoxy) is 1. The van der Waals surface area contributed by atoms with Crippen molar-refractivity contribution in [2.45, 2.75) is 26.7 Å². The number of carbonyl (C=O) groups is 1. The normalized spacial score (nSPS) is 11.9. The molecule has 1 aromatic rings. The maximum atomic E-state index is 10.9. The third-order valence-electron chi connectivity index (χ3n) is 2.54. The summed E-state index contributed by atoms with van der Waals surface area (Å²) in [5, 5.41) is 8.94. The van der Waals surface area contributed by atoms with Gasteiger partial charge in [-0.05, 0) is 25.8 Å². The molecule has 3 heteroatoms. The van der Waals surface area contributed by atoms with E-state index in [4.69, 9.17) is 9.84 Å². The van der Waals surface area contributed by atoms with Crippen LogP contribution in [0.25, 0.3) is 0 Å². The molecule has 0 saturated carbocycles. The Morgan fingerprint density at radius 2 is 1.94 bits per heavy atom. The molecule has 1 N–H and O–H groups in total. The van der Waals surface area contributed by atoms with Gasteiger partial charge in [0.1, 0.15) is 5.76 Å². The second kappa shape index (κ2) is 6.74. The lowest BCUT2D eigenvalue weighted by Crippen LogP contribution is -2.05. The van der Waals surface area contributed by atoms with E-state index in [1.165, 1.54) is 5.56 Å². The standard InChI is InChI=1S/C14H18O3/c1-3-17-13(11(2)14(15)16)10-9-12-7-5-4-6-8-12/h4-8H,3,9-10H2,1-2H3,(H,15,16). The SMILES string of the molecule is CCOC(CCc1ccccc1)=C(C)C(=O)O. The molecule has 0 heterocycles. The van der Waals surface area contributed by atoms with Crippen molar-refractivity contribution in [3.63, 3.8) is 0 Å². The lowest BCUT2D eigenvalue weighted by atomic mass is 10.1. The molecule has 0 amide bonds. The van der Waals surface area contributed by atoms with Crippen molar-refractivity contribution in [2.24, 2.45) is 0 Å². The number of hydrogen-bond donors (Lipinski definition) is 1. The van der Waals surface area contributed by atoms with E-state index in [1.807, 2.05) is 37.3 Å². The molecule has 1 rings (SSSR count). The minimum atomic E-state index is -0.915. The molecular weight excluding hydrogens is 216 g/mol. The van der Waals surface area contributed by atoms with Crippen LogP contribution in [0.2, 0.25) is 0 Å². The first kappa shape index (κ1) is 13.3. The Hall–Kier alpha value is -1.77. The molecule has 0 spiro atoms. The van der Waals surface area contributed by atoms with Crippen LogP contribution in [0.4, 0.5) is 0 Å². The van der Waals surface area contributed by atoms with E-state index in [1.54, 1.807) is 6.92 Å². The summed E-state index contributed by atoms with van der Waals surface area (Å²) in [7, 11) is 0. The van der Waals surface area contributed by atoms with Crippen LogP contribution in [0.3, 0.4) is 0 Å². The van der Waals surface area contributed by atoms with Gasteiger partial charge in [0.2, 0.25) is 0 Å². The van der Waals surface area contributed by atoms with E-state index >= 15 is 0 Å². The van der Waals surface area contributed by atoms with Crippen LogP contribution in [0.15, 0.2) is 41.7 Å². The zero-order chi connectivity index (χ0) is 12.7. The van der Waals surface area contributed by atoms with Crippen molar-refractivity contribution in [1.82, 2.24) is 0 Å². The maximum Gasteiger partial charge on any atom is 0.334 e. The largest absolute Gasteiger partial charge is 0.498 e. The van der Waals surface area contributed by atoms with Gasteiger partial charge in [0, 0.05) is 6.42 Å². The van der Waals surface area contributed by atoms with Crippen molar-refractivity contribution in [3.05, 3.63) is 47.2 Å². The highest BCUT2D eigenvalue weighted by Gasteiger charge is 2.10. The molecule has 0 radical (unpaired) electrons. The van der Waals surface area contributed by atoms with Gasteiger partial charge in [0.25, 0.3) is 0 Å². The molecule has 3 nitrogen and oxygen atoms in total. The lowest BCUT2D eigenvalue weighted by Gasteiger charge is -2.10. The minimum Gasteiger partial charge on any atom is -0.498 e. The molecule has 0 unspecified atom stereocenters. The summed E-state index contributed by atoms with van der Waals surface area (Å²) in [5.41, 5.74) is 1.48. The van der Waals surface area contributed by atoms with Gasteiger partial charge in [0.15, 0.2) is 0 Å². The van der Waals surface area contributed by atoms with E-state index in [0.717, 1.165) is 6.42 Å². The summed E-state index contributed by atoms with van der Waals surface area (Å²) in [6.07, 6.45) is 1.41. The molecule has 1 aromatic carbocycles. The zero-order valence-corrected chi connectivity index (χ0v) is 10.3. The molecule has 0 bridgehead atoms. The van der Waals surface area contributed by atoms with Crippen molar-refractivity contribution >= 4 is 5.97 Å². The molecule has 0 aliphatic rings. The maximum absolute atomic E-state index is 10.9. The van der Waals surface area contributed by atoms with E-state index < -0.39 is 5.97 Å². The van der Waals surface area contributed by atoms with Crippen LogP contribution in [0.5, 0.6) is 0 Å². The monoisotopic (exact) mass is 234 g/mol. The average Bonchev–Trinajstić information content (AvgIpc) is 2.34. The summed E-state index contributed by atoms with van der Waals surface area (Å²) in [6.45, 7) is 3.94. The van der Waals surface area contributed by atoms with Crippen LogP contribution >= 0.6 is 0 Å². The second-order valence-electron chi connectivity index (χ2n) is 3.77. The highest BCUT2D eigenvalue weighted by Crippen LogP contribution is 2.14. The van der Waals surface area contributed by atoms with Crippen molar-refractivity contribution in [2.75, 3.05) is 6.61 Å². The van der Waals surface area contributed by atoms with Crippen molar-refractivity contribution < 1.29 is 14.6 Å². The predicted molar refractivity (Wildman–Crippen MR) is 66.7 cm³/mol. The second-order valence-corrected chi connectivity index (χ2v) is 3.77. The number of aliphatic carboxylic acids is 1. The van der Waals surface area contributed by atoms with Crippen LogP contribution < -0.4 is 0 Å². The summed E-state index contributed by atoms with van der Waals surface area (Å²) in [6, 6.07) is 9.97. The molecule has 0 aliphatic heterocycles. The highest BCUT2D eigenvalue weighted by atomic mass is 16.5. The number of carboxylic acid groups (broad SMARTS) is 1. The van der Waals surface area contributed by atoms with Gasteiger partial charge in [-0.15, -0.1) is 0 Å². The van der Waals surface area contributed by atoms with E-state index in [-0.39, 0.29) is 0 Å². The first-order valence-corrected chi connectivity index (χ1v) is 5.75. The zero-order valence-electron chi connectivity index (χ0n) is 10.3. The third-order valence-corrected chi connectivity index (χ3v) is 2.54. The van der Waals surface area contributed by atoms with Gasteiger partial charge in [-0.1, -0.05) is 30.3 Å². The molecule has 0 aliphatic carbocycles. The van der Waals surface area contributed by atoms with Gasteiger partial charge >= 0.3 is 5.97 Å². The number of hydrogen-bond acceptors (Lipinski definition) is 2. The third kappa shape index (κ3) is 4.31. The fourth-order valence-corrected chi connectivity index (χ4v) is 1.56. The molecule has 0 aromatic heterocycles. The number of benzene rings is 1. The Labute approximate surface area is 102 Å². The van der Waals surface area contributed by atoms with E-state index in [9.17, 15) is 4.79 Å². The van der Waals surface area contributed by atoms with Gasteiger partial charge < -0.3 is 9.84 Å². The van der Waals surface area contributed by atoms with Gasteiger partial charge in [-0.2, -0.15) is 0 Å². The van der Waals surface area contributed by atoms with Crippen LogP contribution in [0.1, 0.15) is 25.8 Å². The predicted octanol–water partition coefficient (Wildman–Crippen LogP) is 3.01. The Morgan fingerprint density at radius 3 is 2.47 bits per heavy atom. The van der Waals surface area contributed by atoms with Crippen LogP contribution in [-0.2, 0) is 16.0 Å². The van der Waals surface area contributed by atoms with Gasteiger partial charge in [-0.3, -0.25) is 0 Å². The summed E-state index contributed by atoms with van der Waals surface area (Å²) < 4.78 is 5.39. The fourth-order valence-electron chi connectivity index (χ4n) is 1.56. The molecule has 17 heavy (non-hydrogen) atoms. The first-order chi connectivity index (χ1) is 8.15. The van der Waals surface area contributed by atoms with E-state index in [0.29, 0.717) is 24.4 Å². The summed E-state index contributed by atoms with van der Waals surface area (Å²) >= 11 is 0. The van der Waals surface area contributed by atoms with Crippen LogP contribution in [0, 0.1) is 0 Å². The first-order valence-electron chi connectivity index (χ1n) is 5.75. The van der Waals surface area contributed by atoms with Gasteiger partial charge in [0.05, 0.1) is 12.2 Å². The summed E-state index contributed by atoms with van der Waals surface area (Å²) in [4.78, 5) is 10.9. The number of rotatable bonds is 6. The minimum absolute atomic E-state index is 0.294. The number of aryl methyl sites for hydroxylation is 1. The molecule has 0 atom stereocenters. The van der Waals surface area contributed by atoms with Crippen molar-refractivity contribution in [1.29, 1.82) is 0 Å². The Morgan fingerprint density at radius 1 is 1.29 bits per heavy atom. The molecule has 0 saturated heterocycles. The Balaban J connectivity index is 2.69. The van der Waals surface area contributed by atoms with E-state index in [2.05, 4.69) is 0 Å². The topological polar surface area (TPSA) is 46.5 Å². The quantitative estimate of drug-likeness (QED) is 0.608. The average molecular weight is 234 g/mol. The Bertz CT molecular complexity index is 393. The van der Waals surface area contributed by atoms with Crippen molar-refractivity contribution in [3.8, 4) is 0 Å². The number of carboxylic acids is 1. The molecule has 0 fully saturated rings. The molecule has 92 valence electrons. The number of allylic oxidation sites excluding steroid dienone is 1.